The fourth-order valence-electron chi connectivity index (χ4n) is 4.41. The van der Waals surface area contributed by atoms with Crippen LogP contribution in [0.5, 0.6) is 0 Å². The molecule has 0 amide bonds. The normalized spacial score (nSPS) is 11.1. The van der Waals surface area contributed by atoms with Crippen LogP contribution in [0.1, 0.15) is 0 Å². The van der Waals surface area contributed by atoms with Gasteiger partial charge < -0.3 is 10.8 Å². The van der Waals surface area contributed by atoms with E-state index >= 15 is 0 Å². The molecule has 39 heavy (non-hydrogen) atoms. The second-order valence-corrected chi connectivity index (χ2v) is 9.14. The molecule has 0 aliphatic heterocycles. The molecule has 0 spiro atoms. The van der Waals surface area contributed by atoms with Gasteiger partial charge in [-0.15, -0.1) is 0 Å². The summed E-state index contributed by atoms with van der Waals surface area (Å²) in [5.74, 6) is 0.745. The van der Waals surface area contributed by atoms with Crippen LogP contribution >= 0.6 is 11.6 Å². The van der Waals surface area contributed by atoms with Crippen molar-refractivity contribution in [2.75, 3.05) is 5.73 Å². The first-order valence-electron chi connectivity index (χ1n) is 11.8. The number of aromatic nitrogens is 5. The van der Waals surface area contributed by atoms with Gasteiger partial charge in [0.15, 0.2) is 5.52 Å². The van der Waals surface area contributed by atoms with Gasteiger partial charge in [-0.25, -0.2) is 14.8 Å². The van der Waals surface area contributed by atoms with Crippen LogP contribution in [-0.2, 0) is 0 Å². The lowest BCUT2D eigenvalue weighted by molar-refractivity contribution is 0.194. The Kier molecular flexibility index (Phi) is 5.90. The Hall–Kier alpha value is -5.28. The topological polar surface area (TPSA) is 129 Å². The molecule has 3 aromatic carbocycles. The molecule has 0 aliphatic carbocycles. The third kappa shape index (κ3) is 4.30. The fourth-order valence-corrected chi connectivity index (χ4v) is 4.53. The van der Waals surface area contributed by atoms with Crippen molar-refractivity contribution in [1.82, 2.24) is 24.3 Å². The molecule has 0 fully saturated rings. The number of hydrogen-bond acceptors (Lipinski definition) is 6. The van der Waals surface area contributed by atoms with Gasteiger partial charge in [-0.3, -0.25) is 9.36 Å². The molecule has 0 aliphatic rings. The van der Waals surface area contributed by atoms with Gasteiger partial charge in [0.05, 0.1) is 5.69 Å². The minimum atomic E-state index is -1.39. The average molecular weight is 535 g/mol. The molecule has 190 valence electrons. The van der Waals surface area contributed by atoms with Crippen LogP contribution in [0, 0.1) is 0 Å². The van der Waals surface area contributed by atoms with Gasteiger partial charge in [0.1, 0.15) is 22.9 Å². The van der Waals surface area contributed by atoms with Gasteiger partial charge in [0.2, 0.25) is 0 Å². The van der Waals surface area contributed by atoms with E-state index in [2.05, 4.69) is 10.1 Å². The Morgan fingerprint density at radius 1 is 0.821 bits per heavy atom. The van der Waals surface area contributed by atoms with Crippen LogP contribution in [0.2, 0.25) is 5.02 Å². The van der Waals surface area contributed by atoms with E-state index < -0.39 is 11.7 Å². The standard InChI is InChI=1S/C29H19ClN6O3/c30-21-11-13-22(14-12-21)35-27(19-8-6-17(7-9-19)20-10-15-23(31)32-16-20)33-25-24(18-4-2-1-3-5-18)34-36(29(38)39)26(25)28(35)37/h1-16H,(H2,31,32)(H,38,39). The smallest absolute Gasteiger partial charge is 0.433 e. The van der Waals surface area contributed by atoms with Gasteiger partial charge in [0, 0.05) is 27.9 Å². The maximum absolute atomic E-state index is 14.0. The fraction of sp³-hybridized carbons (Fsp3) is 0. The number of nitrogens with zero attached hydrogens (tertiary/aromatic N) is 5. The minimum absolute atomic E-state index is 0.148. The van der Waals surface area contributed by atoms with E-state index in [9.17, 15) is 14.7 Å². The summed E-state index contributed by atoms with van der Waals surface area (Å²) >= 11 is 6.11. The maximum atomic E-state index is 14.0. The summed E-state index contributed by atoms with van der Waals surface area (Å²) in [4.78, 5) is 35.2. The summed E-state index contributed by atoms with van der Waals surface area (Å²) in [5.41, 5.74) is 8.98. The number of benzene rings is 3. The number of fused-ring (bicyclic) bond motifs is 1. The van der Waals surface area contributed by atoms with E-state index in [1.54, 1.807) is 48.7 Å². The molecule has 0 radical (unpaired) electrons. The van der Waals surface area contributed by atoms with E-state index in [1.165, 1.54) is 4.57 Å². The van der Waals surface area contributed by atoms with Crippen molar-refractivity contribution in [1.29, 1.82) is 0 Å². The summed E-state index contributed by atoms with van der Waals surface area (Å²) in [6.07, 6.45) is 0.294. The van der Waals surface area contributed by atoms with Crippen LogP contribution in [-0.4, -0.2) is 35.5 Å². The summed E-state index contributed by atoms with van der Waals surface area (Å²) in [6, 6.07) is 26.7. The van der Waals surface area contributed by atoms with Crippen LogP contribution in [0.3, 0.4) is 0 Å². The molecule has 0 bridgehead atoms. The number of nitrogens with two attached hydrogens (primary N) is 1. The Morgan fingerprint density at radius 3 is 2.13 bits per heavy atom. The molecular formula is C29H19ClN6O3. The van der Waals surface area contributed by atoms with Gasteiger partial charge >= 0.3 is 6.09 Å². The highest BCUT2D eigenvalue weighted by molar-refractivity contribution is 6.30. The quantitative estimate of drug-likeness (QED) is 0.295. The summed E-state index contributed by atoms with van der Waals surface area (Å²) in [7, 11) is 0. The van der Waals surface area contributed by atoms with Crippen LogP contribution in [0.4, 0.5) is 10.6 Å². The second kappa shape index (κ2) is 9.55. The van der Waals surface area contributed by atoms with E-state index in [1.807, 2.05) is 48.5 Å². The van der Waals surface area contributed by atoms with Crippen LogP contribution in [0.15, 0.2) is 102 Å². The summed E-state index contributed by atoms with van der Waals surface area (Å²) < 4.78 is 2.05. The molecule has 0 atom stereocenters. The second-order valence-electron chi connectivity index (χ2n) is 8.71. The maximum Gasteiger partial charge on any atom is 0.433 e. The molecule has 9 nitrogen and oxygen atoms in total. The number of hydrogen-bond donors (Lipinski definition) is 2. The molecule has 3 heterocycles. The Balaban J connectivity index is 1.64. The number of rotatable bonds is 4. The van der Waals surface area contributed by atoms with E-state index in [4.69, 9.17) is 22.3 Å². The van der Waals surface area contributed by atoms with Gasteiger partial charge in [-0.1, -0.05) is 66.2 Å². The average Bonchev–Trinajstić information content (AvgIpc) is 3.35. The molecule has 3 aromatic heterocycles. The minimum Gasteiger partial charge on any atom is -0.463 e. The third-order valence-corrected chi connectivity index (χ3v) is 6.52. The van der Waals surface area contributed by atoms with Crippen molar-refractivity contribution in [3.05, 3.63) is 113 Å². The van der Waals surface area contributed by atoms with E-state index in [-0.39, 0.29) is 11.0 Å². The van der Waals surface area contributed by atoms with Crippen molar-refractivity contribution in [3.63, 3.8) is 0 Å². The lowest BCUT2D eigenvalue weighted by atomic mass is 10.0. The molecule has 0 saturated heterocycles. The number of carboxylic acid groups (broad SMARTS) is 1. The SMILES string of the molecule is Nc1ccc(-c2ccc(-c3nc4c(-c5ccccc5)nn(C(=O)O)c4c(=O)n3-c3ccc(Cl)cc3)cc2)cn1. The zero-order valence-electron chi connectivity index (χ0n) is 20.2. The molecule has 6 aromatic rings. The molecule has 0 saturated carbocycles. The zero-order valence-corrected chi connectivity index (χ0v) is 20.9. The number of carbonyl (C=O) groups is 1. The number of pyridine rings is 1. The monoisotopic (exact) mass is 534 g/mol. The Morgan fingerprint density at radius 2 is 1.49 bits per heavy atom. The van der Waals surface area contributed by atoms with Crippen molar-refractivity contribution in [2.45, 2.75) is 0 Å². The third-order valence-electron chi connectivity index (χ3n) is 6.27. The first kappa shape index (κ1) is 24.1. The summed E-state index contributed by atoms with van der Waals surface area (Å²) in [6.45, 7) is 0. The highest BCUT2D eigenvalue weighted by atomic mass is 35.5. The highest BCUT2D eigenvalue weighted by Crippen LogP contribution is 2.30. The first-order valence-corrected chi connectivity index (χ1v) is 12.2. The Labute approximate surface area is 226 Å². The zero-order chi connectivity index (χ0) is 27.1. The van der Waals surface area contributed by atoms with Gasteiger partial charge in [0.25, 0.3) is 5.56 Å². The number of anilines is 1. The summed E-state index contributed by atoms with van der Waals surface area (Å²) in [5, 5.41) is 14.7. The van der Waals surface area contributed by atoms with Crippen molar-refractivity contribution in [3.8, 4) is 39.5 Å². The van der Waals surface area contributed by atoms with E-state index in [0.29, 0.717) is 43.9 Å². The number of nitrogen functional groups attached to an aromatic ring is 1. The molecule has 10 heteroatoms. The molecular weight excluding hydrogens is 516 g/mol. The lowest BCUT2D eigenvalue weighted by Gasteiger charge is -2.14. The molecule has 3 N–H and O–H groups in total. The highest BCUT2D eigenvalue weighted by Gasteiger charge is 2.25. The predicted molar refractivity (Wildman–Crippen MR) is 150 cm³/mol. The molecule has 0 unspecified atom stereocenters. The van der Waals surface area contributed by atoms with Crippen molar-refractivity contribution < 1.29 is 9.90 Å². The van der Waals surface area contributed by atoms with Gasteiger partial charge in [-0.2, -0.15) is 9.78 Å². The number of halogens is 1. The predicted octanol–water partition coefficient (Wildman–Crippen LogP) is 5.74. The van der Waals surface area contributed by atoms with E-state index in [0.717, 1.165) is 11.1 Å². The van der Waals surface area contributed by atoms with Crippen LogP contribution < -0.4 is 11.3 Å². The molecule has 6 rings (SSSR count). The lowest BCUT2D eigenvalue weighted by Crippen LogP contribution is -2.25. The van der Waals surface area contributed by atoms with Crippen LogP contribution in [0.25, 0.3) is 50.5 Å². The van der Waals surface area contributed by atoms with Gasteiger partial charge in [-0.05, 0) is 42.0 Å². The van der Waals surface area contributed by atoms with Crippen molar-refractivity contribution >= 4 is 34.5 Å². The van der Waals surface area contributed by atoms with Crippen molar-refractivity contribution in [2.24, 2.45) is 0 Å². The first-order chi connectivity index (χ1) is 18.9. The largest absolute Gasteiger partial charge is 0.463 e. The Bertz CT molecular complexity index is 1900.